The fourth-order valence-electron chi connectivity index (χ4n) is 5.23. The first-order valence-corrected chi connectivity index (χ1v) is 13.8. The number of amides is 1. The summed E-state index contributed by atoms with van der Waals surface area (Å²) >= 11 is 14.6. The van der Waals surface area contributed by atoms with E-state index in [-0.39, 0.29) is 23.9 Å². The SMILES string of the molecule is C=CC[C@@]1(CC)C[C@H](c2cccc(Cl)c2)[C@@H](c2ccc(Cl)cc2)N([C@@H](CC)CSCC)C1=O. The Morgan fingerprint density at radius 2 is 1.85 bits per heavy atom. The van der Waals surface area contributed by atoms with Crippen LogP contribution >= 0.6 is 35.0 Å². The van der Waals surface area contributed by atoms with Crippen LogP contribution in [0.4, 0.5) is 0 Å². The summed E-state index contributed by atoms with van der Waals surface area (Å²) in [6.45, 7) is 10.5. The molecule has 2 aromatic carbocycles. The summed E-state index contributed by atoms with van der Waals surface area (Å²) in [5.41, 5.74) is 1.85. The van der Waals surface area contributed by atoms with Gasteiger partial charge in [0.2, 0.25) is 5.91 Å². The summed E-state index contributed by atoms with van der Waals surface area (Å²) in [4.78, 5) is 16.6. The lowest BCUT2D eigenvalue weighted by molar-refractivity contribution is -0.155. The summed E-state index contributed by atoms with van der Waals surface area (Å²) in [6, 6.07) is 16.3. The van der Waals surface area contributed by atoms with Crippen molar-refractivity contribution in [1.82, 2.24) is 4.90 Å². The number of rotatable bonds is 10. The van der Waals surface area contributed by atoms with E-state index in [1.807, 2.05) is 42.1 Å². The van der Waals surface area contributed by atoms with Gasteiger partial charge in [0.05, 0.1) is 11.5 Å². The van der Waals surface area contributed by atoms with Gasteiger partial charge in [-0.05, 0) is 66.8 Å². The van der Waals surface area contributed by atoms with Gasteiger partial charge in [-0.15, -0.1) is 6.58 Å². The lowest BCUT2D eigenvalue weighted by Gasteiger charge is -2.53. The quantitative estimate of drug-likeness (QED) is 0.302. The minimum Gasteiger partial charge on any atom is -0.331 e. The monoisotopic (exact) mass is 503 g/mol. The molecule has 1 heterocycles. The maximum atomic E-state index is 14.3. The molecule has 0 spiro atoms. The van der Waals surface area contributed by atoms with E-state index in [1.54, 1.807) is 0 Å². The normalized spacial score (nSPS) is 24.0. The highest BCUT2D eigenvalue weighted by Gasteiger charge is 2.52. The highest BCUT2D eigenvalue weighted by molar-refractivity contribution is 7.99. The number of allylic oxidation sites excluding steroid dienone is 1. The molecule has 1 amide bonds. The predicted molar refractivity (Wildman–Crippen MR) is 144 cm³/mol. The standard InChI is InChI=1S/C28H35Cl2NOS/c1-5-16-28(7-3)18-25(21-10-9-11-23(30)17-21)26(20-12-14-22(29)15-13-20)31(27(28)32)24(6-2)19-33-8-4/h5,9-15,17,24-26H,1,6-8,16,18-19H2,2-4H3/t24-,25+,26+,28-/m0/s1. The summed E-state index contributed by atoms with van der Waals surface area (Å²) in [5, 5.41) is 1.43. The molecular weight excluding hydrogens is 469 g/mol. The van der Waals surface area contributed by atoms with E-state index in [4.69, 9.17) is 23.2 Å². The number of hydrogen-bond acceptors (Lipinski definition) is 2. The van der Waals surface area contributed by atoms with Crippen molar-refractivity contribution in [3.8, 4) is 0 Å². The number of nitrogens with zero attached hydrogens (tertiary/aromatic N) is 1. The van der Waals surface area contributed by atoms with Gasteiger partial charge in [-0.25, -0.2) is 0 Å². The van der Waals surface area contributed by atoms with Crippen LogP contribution in [0, 0.1) is 5.41 Å². The van der Waals surface area contributed by atoms with E-state index in [9.17, 15) is 4.79 Å². The molecular formula is C28H35Cl2NOS. The molecule has 4 atom stereocenters. The minimum absolute atomic E-state index is 0.0693. The predicted octanol–water partition coefficient (Wildman–Crippen LogP) is 8.55. The molecule has 2 aromatic rings. The van der Waals surface area contributed by atoms with Gasteiger partial charge in [-0.3, -0.25) is 4.79 Å². The highest BCUT2D eigenvalue weighted by Crippen LogP contribution is 2.53. The summed E-state index contributed by atoms with van der Waals surface area (Å²) in [5.74, 6) is 2.35. The first-order valence-electron chi connectivity index (χ1n) is 11.9. The van der Waals surface area contributed by atoms with Crippen molar-refractivity contribution >= 4 is 40.9 Å². The average Bonchev–Trinajstić information content (AvgIpc) is 2.82. The molecule has 33 heavy (non-hydrogen) atoms. The molecule has 0 radical (unpaired) electrons. The van der Waals surface area contributed by atoms with E-state index >= 15 is 0 Å². The molecule has 0 aliphatic carbocycles. The van der Waals surface area contributed by atoms with Crippen LogP contribution in [0.2, 0.25) is 10.0 Å². The van der Waals surface area contributed by atoms with Gasteiger partial charge < -0.3 is 4.90 Å². The van der Waals surface area contributed by atoms with Gasteiger partial charge in [0.1, 0.15) is 0 Å². The molecule has 0 saturated carbocycles. The first kappa shape index (κ1) is 26.2. The van der Waals surface area contributed by atoms with Crippen molar-refractivity contribution in [1.29, 1.82) is 0 Å². The molecule has 0 bridgehead atoms. The molecule has 1 aliphatic rings. The van der Waals surface area contributed by atoms with Gasteiger partial charge in [-0.1, -0.05) is 74.3 Å². The van der Waals surface area contributed by atoms with Gasteiger partial charge in [-0.2, -0.15) is 11.8 Å². The molecule has 3 rings (SSSR count). The van der Waals surface area contributed by atoms with Crippen LogP contribution in [0.15, 0.2) is 61.2 Å². The number of benzene rings is 2. The zero-order chi connectivity index (χ0) is 24.0. The van der Waals surface area contributed by atoms with Gasteiger partial charge in [0.15, 0.2) is 0 Å². The fourth-order valence-corrected chi connectivity index (χ4v) is 6.46. The van der Waals surface area contributed by atoms with Crippen LogP contribution < -0.4 is 0 Å². The molecule has 0 unspecified atom stereocenters. The maximum absolute atomic E-state index is 14.3. The molecule has 178 valence electrons. The lowest BCUT2D eigenvalue weighted by Crippen LogP contribution is -2.56. The third kappa shape index (κ3) is 5.63. The van der Waals surface area contributed by atoms with Crippen molar-refractivity contribution in [2.45, 2.75) is 64.5 Å². The van der Waals surface area contributed by atoms with E-state index in [1.165, 1.54) is 5.56 Å². The Hall–Kier alpha value is -1.42. The second-order valence-corrected chi connectivity index (χ2v) is 11.1. The minimum atomic E-state index is -0.456. The third-order valence-corrected chi connectivity index (χ3v) is 8.57. The molecule has 5 heteroatoms. The number of likely N-dealkylation sites (tertiary alicyclic amines) is 1. The average molecular weight is 505 g/mol. The Bertz CT molecular complexity index is 947. The third-order valence-electron chi connectivity index (χ3n) is 7.06. The van der Waals surface area contributed by atoms with Gasteiger partial charge >= 0.3 is 0 Å². The number of hydrogen-bond donors (Lipinski definition) is 0. The zero-order valence-corrected chi connectivity index (χ0v) is 22.2. The van der Waals surface area contributed by atoms with E-state index in [0.29, 0.717) is 11.4 Å². The van der Waals surface area contributed by atoms with Crippen molar-refractivity contribution in [3.63, 3.8) is 0 Å². The van der Waals surface area contributed by atoms with Crippen molar-refractivity contribution in [2.24, 2.45) is 5.41 Å². The number of halogens is 2. The fraction of sp³-hybridized carbons (Fsp3) is 0.464. The number of piperidine rings is 1. The van der Waals surface area contributed by atoms with E-state index in [0.717, 1.165) is 41.4 Å². The van der Waals surface area contributed by atoms with Gasteiger partial charge in [0, 0.05) is 27.8 Å². The topological polar surface area (TPSA) is 20.3 Å². The van der Waals surface area contributed by atoms with Crippen LogP contribution in [-0.4, -0.2) is 28.4 Å². The molecule has 2 nitrogen and oxygen atoms in total. The number of thioether (sulfide) groups is 1. The van der Waals surface area contributed by atoms with E-state index < -0.39 is 5.41 Å². The smallest absolute Gasteiger partial charge is 0.229 e. The Balaban J connectivity index is 2.23. The van der Waals surface area contributed by atoms with Crippen LogP contribution in [0.25, 0.3) is 0 Å². The zero-order valence-electron chi connectivity index (χ0n) is 19.9. The molecule has 0 aromatic heterocycles. The first-order chi connectivity index (χ1) is 15.9. The Morgan fingerprint density at radius 3 is 2.42 bits per heavy atom. The van der Waals surface area contributed by atoms with E-state index in [2.05, 4.69) is 56.5 Å². The van der Waals surface area contributed by atoms with Crippen LogP contribution in [0.1, 0.15) is 69.5 Å². The molecule has 1 fully saturated rings. The van der Waals surface area contributed by atoms with Crippen LogP contribution in [0.5, 0.6) is 0 Å². The Labute approximate surface area is 213 Å². The Kier molecular flexibility index (Phi) is 9.38. The maximum Gasteiger partial charge on any atom is 0.229 e. The second-order valence-electron chi connectivity index (χ2n) is 8.92. The summed E-state index contributed by atoms with van der Waals surface area (Å²) in [7, 11) is 0. The summed E-state index contributed by atoms with van der Waals surface area (Å²) < 4.78 is 0. The van der Waals surface area contributed by atoms with Crippen LogP contribution in [-0.2, 0) is 4.79 Å². The number of carbonyl (C=O) groups excluding carboxylic acids is 1. The molecule has 0 N–H and O–H groups in total. The van der Waals surface area contributed by atoms with Gasteiger partial charge in [0.25, 0.3) is 0 Å². The van der Waals surface area contributed by atoms with Crippen molar-refractivity contribution in [3.05, 3.63) is 82.4 Å². The highest BCUT2D eigenvalue weighted by atomic mass is 35.5. The van der Waals surface area contributed by atoms with Crippen molar-refractivity contribution < 1.29 is 4.79 Å². The summed E-state index contributed by atoms with van der Waals surface area (Å²) in [6.07, 6.45) is 5.07. The van der Waals surface area contributed by atoms with Crippen molar-refractivity contribution in [2.75, 3.05) is 11.5 Å². The largest absolute Gasteiger partial charge is 0.331 e. The molecule has 1 aliphatic heterocycles. The Morgan fingerprint density at radius 1 is 1.12 bits per heavy atom. The number of carbonyl (C=O) groups is 1. The molecule has 1 saturated heterocycles. The second kappa shape index (κ2) is 11.8. The van der Waals surface area contributed by atoms with Crippen LogP contribution in [0.3, 0.4) is 0 Å². The lowest BCUT2D eigenvalue weighted by atomic mass is 9.65.